The van der Waals surface area contributed by atoms with Crippen molar-refractivity contribution < 1.29 is 14.2 Å². The molecule has 2 aromatic heterocycles. The number of nitrogen functional groups attached to an aromatic ring is 2. The van der Waals surface area contributed by atoms with Crippen LogP contribution >= 0.6 is 0 Å². The number of anilines is 2. The maximum atomic E-state index is 6.46. The van der Waals surface area contributed by atoms with Crippen molar-refractivity contribution >= 4 is 22.9 Å². The van der Waals surface area contributed by atoms with Gasteiger partial charge in [0.1, 0.15) is 17.8 Å². The molecular weight excluding hydrogens is 444 g/mol. The van der Waals surface area contributed by atoms with E-state index in [1.807, 2.05) is 60.7 Å². The lowest BCUT2D eigenvalue weighted by Crippen LogP contribution is -2.44. The van der Waals surface area contributed by atoms with Crippen molar-refractivity contribution in [1.82, 2.24) is 19.5 Å². The first kappa shape index (κ1) is 22.8. The molecule has 4 N–H and O–H groups in total. The molecule has 0 spiro atoms. The van der Waals surface area contributed by atoms with Crippen LogP contribution in [0.5, 0.6) is 0 Å². The fraction of sp³-hybridized carbons (Fsp3) is 0.269. The molecule has 4 aromatic rings. The van der Waals surface area contributed by atoms with Gasteiger partial charge in [-0.3, -0.25) is 4.57 Å². The molecule has 5 rings (SSSR count). The van der Waals surface area contributed by atoms with Gasteiger partial charge in [-0.25, -0.2) is 4.98 Å². The molecule has 3 heterocycles. The summed E-state index contributed by atoms with van der Waals surface area (Å²) in [5.74, 6) is 3.09. The van der Waals surface area contributed by atoms with Crippen molar-refractivity contribution in [1.29, 1.82) is 0 Å². The molecule has 1 aliphatic heterocycles. The lowest BCUT2D eigenvalue weighted by molar-refractivity contribution is -0.123. The van der Waals surface area contributed by atoms with Crippen LogP contribution in [0, 0.1) is 12.3 Å². The molecule has 0 unspecified atom stereocenters. The van der Waals surface area contributed by atoms with Crippen LogP contribution in [-0.2, 0) is 27.4 Å². The Morgan fingerprint density at radius 3 is 2.40 bits per heavy atom. The van der Waals surface area contributed by atoms with Crippen molar-refractivity contribution in [3.63, 3.8) is 0 Å². The highest BCUT2D eigenvalue weighted by Gasteiger charge is 2.50. The molecule has 0 radical (unpaired) electrons. The standard InChI is InChI=1S/C26H26N6O3/c1-2-26(16-33-14-18-9-5-3-6-10-18)20(34-15-19-11-7-4-8-12-19)13-21(35-26)32-17-29-22-23(27)30-25(28)31-24(22)32/h1,3-12,17,20-21H,13-16H2,(H4,27,28,30,31)/t20-,21+,26+/m0/s1. The minimum Gasteiger partial charge on any atom is -0.382 e. The van der Waals surface area contributed by atoms with Gasteiger partial charge in [-0.15, -0.1) is 6.42 Å². The van der Waals surface area contributed by atoms with Crippen molar-refractivity contribution in [3.05, 3.63) is 78.1 Å². The molecule has 0 amide bonds. The fourth-order valence-electron chi connectivity index (χ4n) is 4.24. The van der Waals surface area contributed by atoms with E-state index in [9.17, 15) is 0 Å². The number of nitrogens with two attached hydrogens (primary N) is 2. The third-order valence-electron chi connectivity index (χ3n) is 6.02. The number of imidazole rings is 1. The Balaban J connectivity index is 1.41. The molecule has 1 aliphatic rings. The van der Waals surface area contributed by atoms with Crippen LogP contribution in [0.15, 0.2) is 67.0 Å². The van der Waals surface area contributed by atoms with E-state index < -0.39 is 17.9 Å². The van der Waals surface area contributed by atoms with Gasteiger partial charge in [0.25, 0.3) is 0 Å². The van der Waals surface area contributed by atoms with Crippen LogP contribution in [0.25, 0.3) is 11.2 Å². The van der Waals surface area contributed by atoms with E-state index in [1.54, 1.807) is 10.9 Å². The molecule has 9 heteroatoms. The highest BCUT2D eigenvalue weighted by Crippen LogP contribution is 2.40. The Bertz CT molecular complexity index is 1340. The maximum Gasteiger partial charge on any atom is 0.224 e. The quantitative estimate of drug-likeness (QED) is 0.377. The number of fused-ring (bicyclic) bond motifs is 1. The van der Waals surface area contributed by atoms with Crippen molar-refractivity contribution in [2.24, 2.45) is 0 Å². The van der Waals surface area contributed by atoms with Gasteiger partial charge < -0.3 is 25.7 Å². The Kier molecular flexibility index (Phi) is 6.33. The lowest BCUT2D eigenvalue weighted by Gasteiger charge is -2.29. The number of terminal acetylenes is 1. The molecule has 1 saturated heterocycles. The van der Waals surface area contributed by atoms with E-state index in [0.29, 0.717) is 30.8 Å². The number of ether oxygens (including phenoxy) is 3. The number of hydrogen-bond donors (Lipinski definition) is 2. The number of nitrogens with zero attached hydrogens (tertiary/aromatic N) is 4. The second-order valence-corrected chi connectivity index (χ2v) is 8.40. The molecule has 178 valence electrons. The highest BCUT2D eigenvalue weighted by molar-refractivity contribution is 5.82. The van der Waals surface area contributed by atoms with Gasteiger partial charge in [-0.1, -0.05) is 66.6 Å². The van der Waals surface area contributed by atoms with Gasteiger partial charge in [0, 0.05) is 6.42 Å². The summed E-state index contributed by atoms with van der Waals surface area (Å²) in [4.78, 5) is 12.7. The predicted octanol–water partition coefficient (Wildman–Crippen LogP) is 3.08. The lowest BCUT2D eigenvalue weighted by atomic mass is 9.98. The van der Waals surface area contributed by atoms with E-state index in [-0.39, 0.29) is 18.4 Å². The van der Waals surface area contributed by atoms with Crippen LogP contribution in [-0.4, -0.2) is 37.8 Å². The summed E-state index contributed by atoms with van der Waals surface area (Å²) in [7, 11) is 0. The Labute approximate surface area is 203 Å². The second-order valence-electron chi connectivity index (χ2n) is 8.40. The minimum absolute atomic E-state index is 0.0565. The topological polar surface area (TPSA) is 123 Å². The number of benzene rings is 2. The van der Waals surface area contributed by atoms with E-state index in [0.717, 1.165) is 11.1 Å². The molecule has 0 saturated carbocycles. The molecule has 35 heavy (non-hydrogen) atoms. The maximum absolute atomic E-state index is 6.46. The third-order valence-corrected chi connectivity index (χ3v) is 6.02. The number of rotatable bonds is 8. The van der Waals surface area contributed by atoms with Gasteiger partial charge in [0.05, 0.1) is 26.1 Å². The summed E-state index contributed by atoms with van der Waals surface area (Å²) >= 11 is 0. The summed E-state index contributed by atoms with van der Waals surface area (Å²) in [5, 5.41) is 0. The average Bonchev–Trinajstić information content (AvgIpc) is 3.46. The summed E-state index contributed by atoms with van der Waals surface area (Å²) in [6, 6.07) is 19.8. The molecule has 9 nitrogen and oxygen atoms in total. The predicted molar refractivity (Wildman–Crippen MR) is 132 cm³/mol. The summed E-state index contributed by atoms with van der Waals surface area (Å²) < 4.78 is 20.6. The van der Waals surface area contributed by atoms with E-state index in [2.05, 4.69) is 20.9 Å². The van der Waals surface area contributed by atoms with Crippen LogP contribution in [0.2, 0.25) is 0 Å². The summed E-state index contributed by atoms with van der Waals surface area (Å²) in [6.07, 6.45) is 7.17. The first-order chi connectivity index (χ1) is 17.1. The van der Waals surface area contributed by atoms with Crippen molar-refractivity contribution in [3.8, 4) is 12.3 Å². The van der Waals surface area contributed by atoms with Crippen molar-refractivity contribution in [2.45, 2.75) is 37.6 Å². The average molecular weight is 471 g/mol. The monoisotopic (exact) mass is 470 g/mol. The number of hydrogen-bond acceptors (Lipinski definition) is 8. The zero-order valence-electron chi connectivity index (χ0n) is 19.1. The summed E-state index contributed by atoms with van der Waals surface area (Å²) in [5.41, 5.74) is 13.7. The molecular formula is C26H26N6O3. The van der Waals surface area contributed by atoms with E-state index in [1.165, 1.54) is 0 Å². The SMILES string of the molecule is C#C[C@]1(COCc2ccccc2)O[C@@H](n2cnc3c(N)nc(N)nc32)C[C@@H]1OCc1ccccc1. The van der Waals surface area contributed by atoms with Crippen molar-refractivity contribution in [2.75, 3.05) is 18.1 Å². The van der Waals surface area contributed by atoms with E-state index >= 15 is 0 Å². The minimum atomic E-state index is -1.12. The van der Waals surface area contributed by atoms with Crippen LogP contribution in [0.3, 0.4) is 0 Å². The Hall–Kier alpha value is -3.97. The van der Waals surface area contributed by atoms with Crippen LogP contribution in [0.1, 0.15) is 23.8 Å². The smallest absolute Gasteiger partial charge is 0.224 e. The van der Waals surface area contributed by atoms with Crippen LogP contribution in [0.4, 0.5) is 11.8 Å². The largest absolute Gasteiger partial charge is 0.382 e. The van der Waals surface area contributed by atoms with Gasteiger partial charge in [0.15, 0.2) is 17.1 Å². The molecule has 2 aromatic carbocycles. The number of aromatic nitrogens is 4. The van der Waals surface area contributed by atoms with Gasteiger partial charge in [-0.2, -0.15) is 9.97 Å². The molecule has 0 aliphatic carbocycles. The molecule has 1 fully saturated rings. The Morgan fingerprint density at radius 2 is 1.71 bits per heavy atom. The highest BCUT2D eigenvalue weighted by atomic mass is 16.6. The van der Waals surface area contributed by atoms with Gasteiger partial charge in [0.2, 0.25) is 5.95 Å². The first-order valence-electron chi connectivity index (χ1n) is 11.3. The molecule has 3 atom stereocenters. The Morgan fingerprint density at radius 1 is 1.03 bits per heavy atom. The first-order valence-corrected chi connectivity index (χ1v) is 11.3. The third kappa shape index (κ3) is 4.68. The zero-order chi connectivity index (χ0) is 24.3. The van der Waals surface area contributed by atoms with Gasteiger partial charge >= 0.3 is 0 Å². The van der Waals surface area contributed by atoms with Crippen LogP contribution < -0.4 is 11.5 Å². The normalized spacial score (nSPS) is 21.8. The fourth-order valence-corrected chi connectivity index (χ4v) is 4.24. The summed E-state index contributed by atoms with van der Waals surface area (Å²) in [6.45, 7) is 0.939. The van der Waals surface area contributed by atoms with E-state index in [4.69, 9.17) is 32.1 Å². The molecule has 0 bridgehead atoms. The second kappa shape index (κ2) is 9.72. The zero-order valence-corrected chi connectivity index (χ0v) is 19.1. The van der Waals surface area contributed by atoms with Gasteiger partial charge in [-0.05, 0) is 11.1 Å².